The molecule has 152 valence electrons. The number of ether oxygens (including phenoxy) is 2. The summed E-state index contributed by atoms with van der Waals surface area (Å²) in [6, 6.07) is 6.57. The number of hydrogen-bond donors (Lipinski definition) is 1. The van der Waals surface area contributed by atoms with E-state index in [1.165, 1.54) is 7.11 Å². The third kappa shape index (κ3) is 4.62. The van der Waals surface area contributed by atoms with Crippen LogP contribution >= 0.6 is 0 Å². The van der Waals surface area contributed by atoms with E-state index in [1.807, 2.05) is 6.07 Å². The Bertz CT molecular complexity index is 730. The van der Waals surface area contributed by atoms with E-state index >= 15 is 0 Å². The quantitative estimate of drug-likeness (QED) is 0.772. The lowest BCUT2D eigenvalue weighted by molar-refractivity contribution is -0.137. The van der Waals surface area contributed by atoms with E-state index in [0.717, 1.165) is 0 Å². The summed E-state index contributed by atoms with van der Waals surface area (Å²) < 4.78 is 11.0. The molecule has 1 aromatic rings. The Labute approximate surface area is 164 Å². The number of likely N-dealkylation sites (tertiary alicyclic amines) is 2. The fourth-order valence-electron chi connectivity index (χ4n) is 3.57. The number of piperidine rings is 1. The van der Waals surface area contributed by atoms with Gasteiger partial charge in [-0.25, -0.2) is 0 Å². The van der Waals surface area contributed by atoms with Crippen LogP contribution in [-0.2, 0) is 14.3 Å². The van der Waals surface area contributed by atoms with Crippen LogP contribution < -0.4 is 10.1 Å². The minimum atomic E-state index is -0.486. The third-order valence-corrected chi connectivity index (χ3v) is 5.22. The monoisotopic (exact) mass is 389 g/mol. The van der Waals surface area contributed by atoms with Crippen molar-refractivity contribution < 1.29 is 23.9 Å². The van der Waals surface area contributed by atoms with Crippen molar-refractivity contribution in [1.29, 1.82) is 0 Å². The molecule has 8 nitrogen and oxygen atoms in total. The van der Waals surface area contributed by atoms with Crippen molar-refractivity contribution in [3.05, 3.63) is 29.8 Å². The van der Waals surface area contributed by atoms with E-state index in [9.17, 15) is 14.4 Å². The zero-order chi connectivity index (χ0) is 20.1. The first kappa shape index (κ1) is 20.1. The van der Waals surface area contributed by atoms with Gasteiger partial charge in [0, 0.05) is 46.6 Å². The molecule has 0 aliphatic carbocycles. The van der Waals surface area contributed by atoms with Crippen molar-refractivity contribution in [1.82, 2.24) is 15.1 Å². The predicted molar refractivity (Wildman–Crippen MR) is 102 cm³/mol. The summed E-state index contributed by atoms with van der Waals surface area (Å²) in [5, 5.41) is 2.81. The topological polar surface area (TPSA) is 88.2 Å². The van der Waals surface area contributed by atoms with E-state index < -0.39 is 6.04 Å². The molecule has 2 saturated heterocycles. The molecule has 3 rings (SSSR count). The van der Waals surface area contributed by atoms with Crippen molar-refractivity contribution in [2.75, 3.05) is 40.4 Å². The molecule has 2 fully saturated rings. The van der Waals surface area contributed by atoms with Crippen LogP contribution in [0.1, 0.15) is 29.6 Å². The Morgan fingerprint density at radius 3 is 2.50 bits per heavy atom. The van der Waals surface area contributed by atoms with Gasteiger partial charge in [-0.05, 0) is 18.6 Å². The van der Waals surface area contributed by atoms with Gasteiger partial charge in [0.15, 0.2) is 0 Å². The van der Waals surface area contributed by atoms with Gasteiger partial charge in [-0.15, -0.1) is 0 Å². The summed E-state index contributed by atoms with van der Waals surface area (Å²) in [5.41, 5.74) is 0.419. The van der Waals surface area contributed by atoms with Crippen LogP contribution in [0.4, 0.5) is 0 Å². The maximum Gasteiger partial charge on any atom is 0.255 e. The predicted octanol–water partition coefficient (Wildman–Crippen LogP) is 0.663. The van der Waals surface area contributed by atoms with Crippen molar-refractivity contribution >= 4 is 17.7 Å². The van der Waals surface area contributed by atoms with Crippen LogP contribution in [0.25, 0.3) is 0 Å². The molecule has 0 radical (unpaired) electrons. The van der Waals surface area contributed by atoms with Gasteiger partial charge in [0.2, 0.25) is 11.8 Å². The molecular formula is C20H27N3O5. The fourth-order valence-corrected chi connectivity index (χ4v) is 3.57. The second-order valence-corrected chi connectivity index (χ2v) is 7.20. The molecule has 1 N–H and O–H groups in total. The molecule has 1 atom stereocenters. The van der Waals surface area contributed by atoms with Crippen molar-refractivity contribution in [3.63, 3.8) is 0 Å². The lowest BCUT2D eigenvalue weighted by Crippen LogP contribution is -2.43. The van der Waals surface area contributed by atoms with Gasteiger partial charge in [-0.2, -0.15) is 0 Å². The van der Waals surface area contributed by atoms with Gasteiger partial charge in [0.1, 0.15) is 24.5 Å². The molecule has 2 aliphatic heterocycles. The third-order valence-electron chi connectivity index (χ3n) is 5.22. The van der Waals surface area contributed by atoms with Gasteiger partial charge in [-0.1, -0.05) is 12.1 Å². The van der Waals surface area contributed by atoms with Crippen LogP contribution in [0.2, 0.25) is 0 Å². The molecule has 1 aromatic carbocycles. The highest BCUT2D eigenvalue weighted by Crippen LogP contribution is 2.24. The normalized spacial score (nSPS) is 20.4. The molecule has 8 heteroatoms. The van der Waals surface area contributed by atoms with Crippen LogP contribution in [-0.4, -0.2) is 80.1 Å². The molecule has 0 aromatic heterocycles. The van der Waals surface area contributed by atoms with Crippen LogP contribution in [0.3, 0.4) is 0 Å². The first-order chi connectivity index (χ1) is 13.5. The van der Waals surface area contributed by atoms with E-state index in [2.05, 4.69) is 5.32 Å². The maximum atomic E-state index is 12.7. The average Bonchev–Trinajstić information content (AvgIpc) is 3.01. The van der Waals surface area contributed by atoms with Gasteiger partial charge in [0.25, 0.3) is 5.91 Å². The van der Waals surface area contributed by atoms with Crippen LogP contribution in [0, 0.1) is 0 Å². The highest BCUT2D eigenvalue weighted by molar-refractivity contribution is 6.00. The number of rotatable bonds is 6. The Kier molecular flexibility index (Phi) is 6.51. The number of carbonyl (C=O) groups is 3. The standard InChI is InChI=1S/C20H27N3O5/c1-22-10-9-16(20(22)26)21-19(25)15-5-3-4-6-17(15)28-14-7-11-23(12-8-14)18(24)13-27-2/h3-6,14,16H,7-13H2,1-2H3,(H,21,25). The number of para-hydroxylation sites is 1. The number of methoxy groups -OCH3 is 1. The second kappa shape index (κ2) is 9.05. The van der Waals surface area contributed by atoms with Gasteiger partial charge in [-0.3, -0.25) is 14.4 Å². The highest BCUT2D eigenvalue weighted by Gasteiger charge is 2.31. The average molecular weight is 389 g/mol. The largest absolute Gasteiger partial charge is 0.489 e. The number of nitrogens with one attached hydrogen (secondary N) is 1. The summed E-state index contributed by atoms with van der Waals surface area (Å²) in [4.78, 5) is 40.0. The molecule has 0 spiro atoms. The molecule has 2 heterocycles. The van der Waals surface area contributed by atoms with Gasteiger partial charge < -0.3 is 24.6 Å². The number of hydrogen-bond acceptors (Lipinski definition) is 5. The Morgan fingerprint density at radius 1 is 1.14 bits per heavy atom. The summed E-state index contributed by atoms with van der Waals surface area (Å²) in [6.45, 7) is 1.93. The number of amides is 3. The van der Waals surface area contributed by atoms with E-state index in [1.54, 1.807) is 35.0 Å². The van der Waals surface area contributed by atoms with Crippen LogP contribution in [0.5, 0.6) is 5.75 Å². The molecule has 2 aliphatic rings. The van der Waals surface area contributed by atoms with E-state index in [-0.39, 0.29) is 30.4 Å². The summed E-state index contributed by atoms with van der Waals surface area (Å²) in [6.07, 6.45) is 1.92. The van der Waals surface area contributed by atoms with Crippen molar-refractivity contribution in [3.8, 4) is 5.75 Å². The summed E-state index contributed by atoms with van der Waals surface area (Å²) >= 11 is 0. The second-order valence-electron chi connectivity index (χ2n) is 7.20. The fraction of sp³-hybridized carbons (Fsp3) is 0.550. The summed E-state index contributed by atoms with van der Waals surface area (Å²) in [7, 11) is 3.24. The molecular weight excluding hydrogens is 362 g/mol. The zero-order valence-corrected chi connectivity index (χ0v) is 16.3. The van der Waals surface area contributed by atoms with Crippen molar-refractivity contribution in [2.24, 2.45) is 0 Å². The number of carbonyl (C=O) groups excluding carboxylic acids is 3. The first-order valence-electron chi connectivity index (χ1n) is 9.58. The maximum absolute atomic E-state index is 12.7. The minimum Gasteiger partial charge on any atom is -0.489 e. The molecule has 28 heavy (non-hydrogen) atoms. The van der Waals surface area contributed by atoms with E-state index in [0.29, 0.717) is 50.2 Å². The Hall–Kier alpha value is -2.61. The van der Waals surface area contributed by atoms with Gasteiger partial charge in [0.05, 0.1) is 5.56 Å². The number of benzene rings is 1. The highest BCUT2D eigenvalue weighted by atomic mass is 16.5. The van der Waals surface area contributed by atoms with Crippen molar-refractivity contribution in [2.45, 2.75) is 31.4 Å². The number of likely N-dealkylation sites (N-methyl/N-ethyl adjacent to an activating group) is 1. The minimum absolute atomic E-state index is 0.0214. The van der Waals surface area contributed by atoms with Crippen LogP contribution in [0.15, 0.2) is 24.3 Å². The lowest BCUT2D eigenvalue weighted by Gasteiger charge is -2.32. The molecule has 0 bridgehead atoms. The van der Waals surface area contributed by atoms with E-state index in [4.69, 9.17) is 9.47 Å². The molecule has 0 saturated carbocycles. The molecule has 3 amide bonds. The lowest BCUT2D eigenvalue weighted by atomic mass is 10.1. The van der Waals surface area contributed by atoms with Gasteiger partial charge >= 0.3 is 0 Å². The Balaban J connectivity index is 1.59. The SMILES string of the molecule is COCC(=O)N1CCC(Oc2ccccc2C(=O)NC2CCN(C)C2=O)CC1. The summed E-state index contributed by atoms with van der Waals surface area (Å²) in [5.74, 6) is 0.101. The smallest absolute Gasteiger partial charge is 0.255 e. The number of nitrogens with zero attached hydrogens (tertiary/aromatic N) is 2. The first-order valence-corrected chi connectivity index (χ1v) is 9.58. The Morgan fingerprint density at radius 2 is 1.86 bits per heavy atom. The zero-order valence-electron chi connectivity index (χ0n) is 16.3. The molecule has 1 unspecified atom stereocenters.